The van der Waals surface area contributed by atoms with Crippen LogP contribution in [0.1, 0.15) is 36.8 Å². The van der Waals surface area contributed by atoms with E-state index < -0.39 is 5.97 Å². The highest BCUT2D eigenvalue weighted by Gasteiger charge is 2.16. The molecule has 1 heterocycles. The highest BCUT2D eigenvalue weighted by atomic mass is 16.5. The molecule has 0 aliphatic carbocycles. The lowest BCUT2D eigenvalue weighted by molar-refractivity contribution is 0.0595. The first-order chi connectivity index (χ1) is 9.82. The van der Waals surface area contributed by atoms with Gasteiger partial charge >= 0.3 is 5.97 Å². The van der Waals surface area contributed by atoms with Crippen LogP contribution in [0.3, 0.4) is 0 Å². The highest BCUT2D eigenvalue weighted by Crippen LogP contribution is 2.25. The van der Waals surface area contributed by atoms with Crippen LogP contribution in [0.15, 0.2) is 30.5 Å². The van der Waals surface area contributed by atoms with E-state index in [4.69, 9.17) is 5.73 Å². The van der Waals surface area contributed by atoms with Crippen LogP contribution >= 0.6 is 0 Å². The number of ether oxygens (including phenoxy) is 1. The number of esters is 1. The van der Waals surface area contributed by atoms with Crippen molar-refractivity contribution in [3.05, 3.63) is 41.7 Å². The van der Waals surface area contributed by atoms with Crippen LogP contribution in [0.5, 0.6) is 0 Å². The van der Waals surface area contributed by atoms with E-state index in [1.807, 2.05) is 12.1 Å². The maximum absolute atomic E-state index is 11.4. The van der Waals surface area contributed by atoms with Gasteiger partial charge in [-0.3, -0.25) is 0 Å². The molecular weight excluding hydrogens is 266 g/mol. The molecule has 0 saturated heterocycles. The average molecular weight is 285 g/mol. The van der Waals surface area contributed by atoms with Gasteiger partial charge in [-0.1, -0.05) is 45.0 Å². The zero-order chi connectivity index (χ0) is 15.6. The molecule has 21 heavy (non-hydrogen) atoms. The fourth-order valence-corrected chi connectivity index (χ4v) is 1.94. The molecule has 0 saturated carbocycles. The molecule has 1 aromatic heterocycles. The number of carbonyl (C=O) groups excluding carboxylic acids is 1. The minimum Gasteiger partial charge on any atom is -0.464 e. The van der Waals surface area contributed by atoms with Crippen LogP contribution in [0.25, 0.3) is 11.3 Å². The van der Waals surface area contributed by atoms with Gasteiger partial charge in [0.2, 0.25) is 0 Å². The Labute approximate surface area is 124 Å². The predicted octanol–water partition coefficient (Wildman–Crippen LogP) is 2.81. The summed E-state index contributed by atoms with van der Waals surface area (Å²) >= 11 is 0. The molecule has 0 unspecified atom stereocenters. The lowest BCUT2D eigenvalue weighted by Crippen LogP contribution is -2.11. The third kappa shape index (κ3) is 3.18. The zero-order valence-electron chi connectivity index (χ0n) is 12.7. The number of hydrogen-bond donors (Lipinski definition) is 1. The molecule has 0 amide bonds. The van der Waals surface area contributed by atoms with Crippen LogP contribution in [0.2, 0.25) is 0 Å². The molecule has 0 aliphatic rings. The predicted molar refractivity (Wildman–Crippen MR) is 81.9 cm³/mol. The lowest BCUT2D eigenvalue weighted by Gasteiger charge is -2.19. The summed E-state index contributed by atoms with van der Waals surface area (Å²) < 4.78 is 4.59. The molecule has 2 N–H and O–H groups in total. The van der Waals surface area contributed by atoms with E-state index >= 15 is 0 Å². The molecule has 0 atom stereocenters. The molecular formula is C16H19N3O2. The number of benzene rings is 1. The smallest absolute Gasteiger partial charge is 0.360 e. The van der Waals surface area contributed by atoms with Crippen molar-refractivity contribution in [1.82, 2.24) is 9.97 Å². The monoisotopic (exact) mass is 285 g/mol. The second-order valence-electron chi connectivity index (χ2n) is 5.81. The number of aromatic nitrogens is 2. The zero-order valence-corrected chi connectivity index (χ0v) is 12.7. The molecule has 5 nitrogen and oxygen atoms in total. The molecule has 0 aliphatic heterocycles. The first-order valence-corrected chi connectivity index (χ1v) is 6.64. The number of carbonyl (C=O) groups is 1. The number of nitrogens with two attached hydrogens (primary N) is 1. The quantitative estimate of drug-likeness (QED) is 0.858. The van der Waals surface area contributed by atoms with Gasteiger partial charge in [-0.25, -0.2) is 14.8 Å². The second-order valence-corrected chi connectivity index (χ2v) is 5.81. The first-order valence-electron chi connectivity index (χ1n) is 6.64. The minimum atomic E-state index is -0.588. The Morgan fingerprint density at radius 2 is 1.81 bits per heavy atom. The number of methoxy groups -OCH3 is 1. The molecule has 0 radical (unpaired) electrons. The number of anilines is 1. The molecule has 2 aromatic rings. The Hall–Kier alpha value is -2.43. The molecule has 0 spiro atoms. The van der Waals surface area contributed by atoms with E-state index in [9.17, 15) is 4.79 Å². The van der Waals surface area contributed by atoms with Crippen molar-refractivity contribution in [2.45, 2.75) is 26.2 Å². The van der Waals surface area contributed by atoms with E-state index in [2.05, 4.69) is 47.6 Å². The lowest BCUT2D eigenvalue weighted by atomic mass is 9.86. The van der Waals surface area contributed by atoms with Crippen molar-refractivity contribution < 1.29 is 9.53 Å². The Balaban J connectivity index is 2.35. The number of nitrogens with zero attached hydrogens (tertiary/aromatic N) is 2. The van der Waals surface area contributed by atoms with Crippen LogP contribution in [-0.2, 0) is 10.2 Å². The Kier molecular flexibility index (Phi) is 3.93. The summed E-state index contributed by atoms with van der Waals surface area (Å²) in [5.41, 5.74) is 8.65. The van der Waals surface area contributed by atoms with Crippen molar-refractivity contribution in [3.63, 3.8) is 0 Å². The van der Waals surface area contributed by atoms with Gasteiger partial charge in [0.1, 0.15) is 0 Å². The third-order valence-electron chi connectivity index (χ3n) is 3.22. The average Bonchev–Trinajstić information content (AvgIpc) is 2.45. The SMILES string of the molecule is COC(=O)c1ncc(-c2ccc(C(C)(C)C)cc2)nc1N. The molecule has 1 aromatic carbocycles. The Morgan fingerprint density at radius 3 is 2.29 bits per heavy atom. The Morgan fingerprint density at radius 1 is 1.19 bits per heavy atom. The molecule has 110 valence electrons. The van der Waals surface area contributed by atoms with E-state index in [0.717, 1.165) is 5.56 Å². The van der Waals surface area contributed by atoms with Gasteiger partial charge in [-0.15, -0.1) is 0 Å². The minimum absolute atomic E-state index is 0.0348. The van der Waals surface area contributed by atoms with E-state index in [0.29, 0.717) is 5.69 Å². The first kappa shape index (κ1) is 15.0. The summed E-state index contributed by atoms with van der Waals surface area (Å²) in [5, 5.41) is 0. The standard InChI is InChI=1S/C16H19N3O2/c1-16(2,3)11-7-5-10(6-8-11)12-9-18-13(14(17)19-12)15(20)21-4/h5-9H,1-4H3,(H2,17,19). The summed E-state index contributed by atoms with van der Waals surface area (Å²) in [6.45, 7) is 6.47. The summed E-state index contributed by atoms with van der Waals surface area (Å²) in [7, 11) is 1.28. The summed E-state index contributed by atoms with van der Waals surface area (Å²) in [5.74, 6) is -0.520. The van der Waals surface area contributed by atoms with Crippen LogP contribution in [-0.4, -0.2) is 23.0 Å². The topological polar surface area (TPSA) is 78.1 Å². The third-order valence-corrected chi connectivity index (χ3v) is 3.22. The van der Waals surface area contributed by atoms with Crippen LogP contribution in [0.4, 0.5) is 5.82 Å². The van der Waals surface area contributed by atoms with Gasteiger partial charge in [0.15, 0.2) is 11.5 Å². The van der Waals surface area contributed by atoms with Gasteiger partial charge in [-0.2, -0.15) is 0 Å². The molecule has 0 bridgehead atoms. The van der Waals surface area contributed by atoms with E-state index in [1.54, 1.807) is 0 Å². The molecule has 0 fully saturated rings. The molecule has 2 rings (SSSR count). The fourth-order valence-electron chi connectivity index (χ4n) is 1.94. The van der Waals surface area contributed by atoms with Gasteiger partial charge in [0.25, 0.3) is 0 Å². The van der Waals surface area contributed by atoms with Crippen molar-refractivity contribution in [2.24, 2.45) is 0 Å². The van der Waals surface area contributed by atoms with Gasteiger partial charge < -0.3 is 10.5 Å². The van der Waals surface area contributed by atoms with Crippen molar-refractivity contribution in [3.8, 4) is 11.3 Å². The Bertz CT molecular complexity index is 658. The van der Waals surface area contributed by atoms with Crippen molar-refractivity contribution >= 4 is 11.8 Å². The van der Waals surface area contributed by atoms with Crippen LogP contribution < -0.4 is 5.73 Å². The summed E-state index contributed by atoms with van der Waals surface area (Å²) in [4.78, 5) is 19.7. The largest absolute Gasteiger partial charge is 0.464 e. The van der Waals surface area contributed by atoms with Crippen LogP contribution in [0, 0.1) is 0 Å². The number of hydrogen-bond acceptors (Lipinski definition) is 5. The molecule has 5 heteroatoms. The summed E-state index contributed by atoms with van der Waals surface area (Å²) in [6.07, 6.45) is 1.52. The maximum atomic E-state index is 11.4. The van der Waals surface area contributed by atoms with Crippen molar-refractivity contribution in [2.75, 3.05) is 12.8 Å². The number of nitrogen functional groups attached to an aromatic ring is 1. The van der Waals surface area contributed by atoms with E-state index in [1.165, 1.54) is 18.9 Å². The van der Waals surface area contributed by atoms with E-state index in [-0.39, 0.29) is 16.9 Å². The fraction of sp³-hybridized carbons (Fsp3) is 0.312. The van der Waals surface area contributed by atoms with Crippen molar-refractivity contribution in [1.29, 1.82) is 0 Å². The van der Waals surface area contributed by atoms with Gasteiger partial charge in [0, 0.05) is 5.56 Å². The second kappa shape index (κ2) is 5.52. The number of rotatable bonds is 2. The highest BCUT2D eigenvalue weighted by molar-refractivity contribution is 5.92. The maximum Gasteiger partial charge on any atom is 0.360 e. The van der Waals surface area contributed by atoms with Gasteiger partial charge in [0.05, 0.1) is 19.0 Å². The van der Waals surface area contributed by atoms with Gasteiger partial charge in [-0.05, 0) is 11.0 Å². The normalized spacial score (nSPS) is 11.2. The summed E-state index contributed by atoms with van der Waals surface area (Å²) in [6, 6.07) is 8.06.